The van der Waals surface area contributed by atoms with E-state index >= 15 is 0 Å². The van der Waals surface area contributed by atoms with Crippen LogP contribution in [0.3, 0.4) is 0 Å². The summed E-state index contributed by atoms with van der Waals surface area (Å²) in [4.78, 5) is 40.3. The van der Waals surface area contributed by atoms with Gasteiger partial charge in [-0.2, -0.15) is 0 Å². The van der Waals surface area contributed by atoms with Crippen molar-refractivity contribution in [1.29, 1.82) is 0 Å². The number of fused-ring (bicyclic) bond motifs is 1. The van der Waals surface area contributed by atoms with Gasteiger partial charge in [-0.1, -0.05) is 32.1 Å². The molecule has 1 saturated carbocycles. The summed E-state index contributed by atoms with van der Waals surface area (Å²) in [6.07, 6.45) is 12.2. The van der Waals surface area contributed by atoms with Gasteiger partial charge in [0.05, 0.1) is 6.20 Å². The van der Waals surface area contributed by atoms with Gasteiger partial charge in [-0.25, -0.2) is 24.1 Å². The second-order valence-electron chi connectivity index (χ2n) is 7.81. The Bertz CT molecular complexity index is 1070. The van der Waals surface area contributed by atoms with Gasteiger partial charge >= 0.3 is 11.7 Å². The van der Waals surface area contributed by atoms with Crippen LogP contribution < -0.4 is 5.69 Å². The van der Waals surface area contributed by atoms with E-state index < -0.39 is 5.69 Å². The summed E-state index contributed by atoms with van der Waals surface area (Å²) in [6, 6.07) is 3.28. The molecular formula is C21H26N6O2. The average Bonchev–Trinajstić information content (AvgIpc) is 3.02. The van der Waals surface area contributed by atoms with Crippen LogP contribution in [0.4, 0.5) is 4.79 Å². The van der Waals surface area contributed by atoms with Crippen molar-refractivity contribution in [2.45, 2.75) is 38.5 Å². The first kappa shape index (κ1) is 19.3. The normalized spacial score (nSPS) is 15.0. The van der Waals surface area contributed by atoms with Gasteiger partial charge in [0, 0.05) is 38.6 Å². The van der Waals surface area contributed by atoms with E-state index in [0.717, 1.165) is 12.0 Å². The highest BCUT2D eigenvalue weighted by Gasteiger charge is 2.23. The third-order valence-corrected chi connectivity index (χ3v) is 5.84. The van der Waals surface area contributed by atoms with Crippen LogP contribution in [0.2, 0.25) is 0 Å². The number of carbonyl (C=O) groups is 1. The number of hydrogen-bond acceptors (Lipinski definition) is 5. The largest absolute Gasteiger partial charge is 0.338 e. The molecule has 0 atom stereocenters. The van der Waals surface area contributed by atoms with Crippen LogP contribution in [0.15, 0.2) is 35.5 Å². The van der Waals surface area contributed by atoms with Crippen LogP contribution in [0.5, 0.6) is 0 Å². The molecule has 3 heterocycles. The SMILES string of the molecule is CN(CCC1CCCCC1)C(=O)n1c(=O)n(C)c2nc(-c3ccncc3)ncc21. The summed E-state index contributed by atoms with van der Waals surface area (Å²) in [6.45, 7) is 0.641. The van der Waals surface area contributed by atoms with E-state index in [4.69, 9.17) is 0 Å². The highest BCUT2D eigenvalue weighted by molar-refractivity contribution is 5.88. The zero-order valence-electron chi connectivity index (χ0n) is 16.9. The van der Waals surface area contributed by atoms with E-state index in [-0.39, 0.29) is 6.03 Å². The van der Waals surface area contributed by atoms with Crippen molar-refractivity contribution in [3.05, 3.63) is 41.2 Å². The molecule has 1 fully saturated rings. The monoisotopic (exact) mass is 394 g/mol. The molecule has 0 unspecified atom stereocenters. The molecule has 0 bridgehead atoms. The summed E-state index contributed by atoms with van der Waals surface area (Å²) >= 11 is 0. The number of aromatic nitrogens is 5. The molecule has 3 aromatic heterocycles. The van der Waals surface area contributed by atoms with E-state index in [1.807, 2.05) is 0 Å². The topological polar surface area (TPSA) is 85.9 Å². The van der Waals surface area contributed by atoms with Crippen LogP contribution in [0, 0.1) is 5.92 Å². The molecule has 0 aliphatic heterocycles. The lowest BCUT2D eigenvalue weighted by molar-refractivity contribution is 0.203. The second-order valence-corrected chi connectivity index (χ2v) is 7.81. The summed E-state index contributed by atoms with van der Waals surface area (Å²) < 4.78 is 2.57. The summed E-state index contributed by atoms with van der Waals surface area (Å²) in [5.74, 6) is 1.17. The molecule has 29 heavy (non-hydrogen) atoms. The number of carbonyl (C=O) groups excluding carboxylic acids is 1. The van der Waals surface area contributed by atoms with Gasteiger partial charge in [-0.15, -0.1) is 0 Å². The van der Waals surface area contributed by atoms with Gasteiger partial charge in [0.15, 0.2) is 11.5 Å². The van der Waals surface area contributed by atoms with E-state index in [1.165, 1.54) is 41.2 Å². The minimum absolute atomic E-state index is 0.336. The number of nitrogens with zero attached hydrogens (tertiary/aromatic N) is 6. The van der Waals surface area contributed by atoms with Crippen LogP contribution in [0.1, 0.15) is 38.5 Å². The number of hydrogen-bond donors (Lipinski definition) is 0. The quantitative estimate of drug-likeness (QED) is 0.679. The molecule has 1 aliphatic carbocycles. The Morgan fingerprint density at radius 3 is 2.66 bits per heavy atom. The Balaban J connectivity index is 1.60. The molecule has 152 valence electrons. The molecule has 1 amide bonds. The molecule has 0 N–H and O–H groups in total. The zero-order chi connectivity index (χ0) is 20.4. The standard InChI is InChI=1S/C21H26N6O2/c1-25(13-10-15-6-4-3-5-7-15)20(28)27-17-14-23-18(16-8-11-22-12-9-16)24-19(17)26(2)21(27)29/h8-9,11-12,14-15H,3-7,10,13H2,1-2H3. The van der Waals surface area contributed by atoms with Crippen molar-refractivity contribution in [2.24, 2.45) is 13.0 Å². The van der Waals surface area contributed by atoms with Crippen LogP contribution in [-0.4, -0.2) is 48.6 Å². The molecule has 8 heteroatoms. The fourth-order valence-corrected chi connectivity index (χ4v) is 4.06. The first-order valence-electron chi connectivity index (χ1n) is 10.2. The molecule has 1 aliphatic rings. The van der Waals surface area contributed by atoms with Gasteiger partial charge in [-0.05, 0) is 24.5 Å². The minimum atomic E-state index is -0.407. The Kier molecular flexibility index (Phi) is 5.42. The smallest absolute Gasteiger partial charge is 0.327 e. The van der Waals surface area contributed by atoms with Crippen molar-refractivity contribution in [3.63, 3.8) is 0 Å². The van der Waals surface area contributed by atoms with Crippen molar-refractivity contribution >= 4 is 17.2 Å². The zero-order valence-corrected chi connectivity index (χ0v) is 16.9. The van der Waals surface area contributed by atoms with Gasteiger partial charge in [0.25, 0.3) is 0 Å². The predicted molar refractivity (Wildman–Crippen MR) is 111 cm³/mol. The molecule has 3 aromatic rings. The van der Waals surface area contributed by atoms with Crippen molar-refractivity contribution in [1.82, 2.24) is 29.0 Å². The van der Waals surface area contributed by atoms with Crippen LogP contribution >= 0.6 is 0 Å². The lowest BCUT2D eigenvalue weighted by atomic mass is 9.87. The third-order valence-electron chi connectivity index (χ3n) is 5.84. The summed E-state index contributed by atoms with van der Waals surface area (Å²) in [7, 11) is 3.38. The van der Waals surface area contributed by atoms with Crippen LogP contribution in [0.25, 0.3) is 22.6 Å². The second kappa shape index (κ2) is 8.14. The highest BCUT2D eigenvalue weighted by atomic mass is 16.2. The van der Waals surface area contributed by atoms with E-state index in [0.29, 0.717) is 29.5 Å². The minimum Gasteiger partial charge on any atom is -0.327 e. The maximum atomic E-state index is 13.0. The van der Waals surface area contributed by atoms with Crippen LogP contribution in [-0.2, 0) is 7.05 Å². The number of amides is 1. The third kappa shape index (κ3) is 3.79. The van der Waals surface area contributed by atoms with Crippen molar-refractivity contribution in [2.75, 3.05) is 13.6 Å². The first-order valence-corrected chi connectivity index (χ1v) is 10.2. The Morgan fingerprint density at radius 2 is 1.93 bits per heavy atom. The van der Waals surface area contributed by atoms with E-state index in [9.17, 15) is 9.59 Å². The maximum Gasteiger partial charge on any atom is 0.338 e. The molecule has 0 saturated heterocycles. The molecule has 4 rings (SSSR count). The van der Waals surface area contributed by atoms with E-state index in [2.05, 4.69) is 15.0 Å². The van der Waals surface area contributed by atoms with Crippen molar-refractivity contribution in [3.8, 4) is 11.4 Å². The van der Waals surface area contributed by atoms with Crippen molar-refractivity contribution < 1.29 is 4.79 Å². The maximum absolute atomic E-state index is 13.0. The molecule has 0 radical (unpaired) electrons. The average molecular weight is 394 g/mol. The predicted octanol–water partition coefficient (Wildman–Crippen LogP) is 3.06. The lowest BCUT2D eigenvalue weighted by Gasteiger charge is -2.24. The van der Waals surface area contributed by atoms with Gasteiger partial charge in [0.1, 0.15) is 5.52 Å². The fraction of sp³-hybridized carbons (Fsp3) is 0.476. The first-order chi connectivity index (χ1) is 14.1. The molecule has 0 aromatic carbocycles. The highest BCUT2D eigenvalue weighted by Crippen LogP contribution is 2.26. The number of imidazole rings is 1. The lowest BCUT2D eigenvalue weighted by Crippen LogP contribution is -2.38. The molecular weight excluding hydrogens is 368 g/mol. The Labute approximate surface area is 169 Å². The number of rotatable bonds is 4. The van der Waals surface area contributed by atoms with Gasteiger partial charge in [-0.3, -0.25) is 9.55 Å². The summed E-state index contributed by atoms with van der Waals surface area (Å²) in [5.41, 5.74) is 1.25. The summed E-state index contributed by atoms with van der Waals surface area (Å²) in [5, 5.41) is 0. The Morgan fingerprint density at radius 1 is 1.21 bits per heavy atom. The number of pyridine rings is 1. The Hall–Kier alpha value is -3.03. The van der Waals surface area contributed by atoms with Gasteiger partial charge in [0.2, 0.25) is 0 Å². The number of aryl methyl sites for hydroxylation is 1. The fourth-order valence-electron chi connectivity index (χ4n) is 4.06. The molecule has 0 spiro atoms. The molecule has 8 nitrogen and oxygen atoms in total. The van der Waals surface area contributed by atoms with E-state index in [1.54, 1.807) is 49.7 Å². The van der Waals surface area contributed by atoms with Gasteiger partial charge < -0.3 is 4.90 Å².